The second-order valence-corrected chi connectivity index (χ2v) is 5.04. The van der Waals surface area contributed by atoms with Gasteiger partial charge < -0.3 is 5.73 Å². The number of hydrogen-bond acceptors (Lipinski definition) is 3. The van der Waals surface area contributed by atoms with Gasteiger partial charge in [0.15, 0.2) is 0 Å². The lowest BCUT2D eigenvalue weighted by atomic mass is 10.2. The first kappa shape index (κ1) is 13.0. The molecule has 0 aliphatic carbocycles. The van der Waals surface area contributed by atoms with Crippen LogP contribution >= 0.6 is 15.9 Å². The number of para-hydroxylation sites is 1. The van der Waals surface area contributed by atoms with Crippen LogP contribution in [0.15, 0.2) is 39.6 Å². The van der Waals surface area contributed by atoms with E-state index in [0.717, 1.165) is 15.9 Å². The quantitative estimate of drug-likeness (QED) is 0.926. The van der Waals surface area contributed by atoms with Gasteiger partial charge in [0.2, 0.25) is 5.43 Å². The van der Waals surface area contributed by atoms with Crippen molar-refractivity contribution >= 4 is 15.9 Å². The van der Waals surface area contributed by atoms with Crippen LogP contribution in [-0.4, -0.2) is 9.78 Å². The third kappa shape index (κ3) is 2.37. The van der Waals surface area contributed by atoms with Crippen LogP contribution < -0.4 is 11.2 Å². The molecule has 5 heteroatoms. The van der Waals surface area contributed by atoms with Gasteiger partial charge >= 0.3 is 0 Å². The highest BCUT2D eigenvalue weighted by molar-refractivity contribution is 9.10. The number of aromatic nitrogens is 2. The fourth-order valence-electron chi connectivity index (χ4n) is 1.74. The molecule has 0 saturated carbocycles. The van der Waals surface area contributed by atoms with E-state index in [4.69, 9.17) is 5.73 Å². The van der Waals surface area contributed by atoms with Crippen LogP contribution in [0, 0.1) is 6.92 Å². The Bertz CT molecular complexity index is 634. The topological polar surface area (TPSA) is 60.9 Å². The van der Waals surface area contributed by atoms with Gasteiger partial charge in [0.05, 0.1) is 5.69 Å². The van der Waals surface area contributed by atoms with E-state index in [-0.39, 0.29) is 11.5 Å². The minimum Gasteiger partial charge on any atom is -0.323 e. The Morgan fingerprint density at radius 3 is 2.67 bits per heavy atom. The van der Waals surface area contributed by atoms with Gasteiger partial charge in [-0.05, 0) is 41.9 Å². The molecule has 0 fully saturated rings. The number of hydrogen-bond donors (Lipinski definition) is 1. The second-order valence-electron chi connectivity index (χ2n) is 4.19. The Kier molecular flexibility index (Phi) is 3.63. The molecule has 2 aromatic rings. The Balaban J connectivity index is 2.69. The van der Waals surface area contributed by atoms with Crippen molar-refractivity contribution < 1.29 is 0 Å². The maximum Gasteiger partial charge on any atom is 0.205 e. The Labute approximate surface area is 114 Å². The molecule has 1 heterocycles. The maximum absolute atomic E-state index is 11.8. The average Bonchev–Trinajstić information content (AvgIpc) is 2.30. The van der Waals surface area contributed by atoms with Crippen LogP contribution in [-0.2, 0) is 0 Å². The summed E-state index contributed by atoms with van der Waals surface area (Å²) >= 11 is 3.48. The molecule has 2 N–H and O–H groups in total. The van der Waals surface area contributed by atoms with E-state index in [0.29, 0.717) is 5.69 Å². The van der Waals surface area contributed by atoms with Crippen molar-refractivity contribution in [3.05, 3.63) is 56.4 Å². The largest absolute Gasteiger partial charge is 0.323 e. The van der Waals surface area contributed by atoms with Crippen molar-refractivity contribution in [3.8, 4) is 5.69 Å². The summed E-state index contributed by atoms with van der Waals surface area (Å²) in [6, 6.07) is 8.89. The first-order chi connectivity index (χ1) is 8.50. The third-order valence-electron chi connectivity index (χ3n) is 2.65. The molecule has 2 rings (SSSR count). The van der Waals surface area contributed by atoms with E-state index in [9.17, 15) is 4.79 Å². The van der Waals surface area contributed by atoms with Gasteiger partial charge in [0.25, 0.3) is 0 Å². The van der Waals surface area contributed by atoms with Gasteiger partial charge in [-0.1, -0.05) is 12.1 Å². The lowest BCUT2D eigenvalue weighted by Gasteiger charge is -2.13. The first-order valence-corrected chi connectivity index (χ1v) is 6.41. The molecule has 94 valence electrons. The highest BCUT2D eigenvalue weighted by Gasteiger charge is 2.12. The summed E-state index contributed by atoms with van der Waals surface area (Å²) in [5, 5.41) is 4.35. The molecule has 4 nitrogen and oxygen atoms in total. The number of benzene rings is 1. The van der Waals surface area contributed by atoms with E-state index in [1.165, 1.54) is 0 Å². The van der Waals surface area contributed by atoms with E-state index in [2.05, 4.69) is 21.0 Å². The van der Waals surface area contributed by atoms with Crippen LogP contribution in [0.1, 0.15) is 24.4 Å². The fraction of sp³-hybridized carbons (Fsp3) is 0.231. The van der Waals surface area contributed by atoms with Gasteiger partial charge in [-0.2, -0.15) is 5.10 Å². The van der Waals surface area contributed by atoms with E-state index >= 15 is 0 Å². The smallest absolute Gasteiger partial charge is 0.205 e. The predicted molar refractivity (Wildman–Crippen MR) is 74.9 cm³/mol. The second kappa shape index (κ2) is 5.04. The Hall–Kier alpha value is -1.46. The molecule has 1 aromatic heterocycles. The highest BCUT2D eigenvalue weighted by atomic mass is 79.9. The minimum absolute atomic E-state index is 0.120. The molecule has 0 amide bonds. The summed E-state index contributed by atoms with van der Waals surface area (Å²) in [5.74, 6) is 0. The zero-order valence-corrected chi connectivity index (χ0v) is 11.8. The van der Waals surface area contributed by atoms with Gasteiger partial charge in [-0.15, -0.1) is 0 Å². The van der Waals surface area contributed by atoms with Crippen LogP contribution in [0.2, 0.25) is 0 Å². The number of halogens is 1. The van der Waals surface area contributed by atoms with E-state index in [1.54, 1.807) is 17.7 Å². The number of rotatable bonds is 2. The zero-order chi connectivity index (χ0) is 13.3. The minimum atomic E-state index is -0.383. The summed E-state index contributed by atoms with van der Waals surface area (Å²) < 4.78 is 2.64. The molecule has 1 atom stereocenters. The summed E-state index contributed by atoms with van der Waals surface area (Å²) in [6.45, 7) is 3.60. The summed E-state index contributed by atoms with van der Waals surface area (Å²) in [5.41, 5.74) is 7.67. The lowest BCUT2D eigenvalue weighted by molar-refractivity contribution is 0.686. The average molecular weight is 308 g/mol. The van der Waals surface area contributed by atoms with Crippen molar-refractivity contribution in [1.29, 1.82) is 0 Å². The van der Waals surface area contributed by atoms with Gasteiger partial charge in [0.1, 0.15) is 5.69 Å². The first-order valence-electron chi connectivity index (χ1n) is 5.62. The molecule has 0 aliphatic heterocycles. The fourth-order valence-corrected chi connectivity index (χ4v) is 2.20. The number of aryl methyl sites for hydroxylation is 1. The van der Waals surface area contributed by atoms with Gasteiger partial charge in [0, 0.05) is 22.3 Å². The monoisotopic (exact) mass is 307 g/mol. The molecule has 0 aliphatic rings. The molecule has 1 unspecified atom stereocenters. The zero-order valence-electron chi connectivity index (χ0n) is 10.2. The Morgan fingerprint density at radius 2 is 2.06 bits per heavy atom. The van der Waals surface area contributed by atoms with Crippen molar-refractivity contribution in [2.45, 2.75) is 19.9 Å². The molecule has 0 bridgehead atoms. The van der Waals surface area contributed by atoms with E-state index < -0.39 is 0 Å². The Morgan fingerprint density at radius 1 is 1.39 bits per heavy atom. The van der Waals surface area contributed by atoms with E-state index in [1.807, 2.05) is 31.2 Å². The predicted octanol–water partition coefficient (Wildman–Crippen LogP) is 2.32. The maximum atomic E-state index is 11.8. The summed E-state index contributed by atoms with van der Waals surface area (Å²) in [4.78, 5) is 11.8. The van der Waals surface area contributed by atoms with Crippen molar-refractivity contribution in [2.75, 3.05) is 0 Å². The molecule has 0 radical (unpaired) electrons. The normalized spacial score (nSPS) is 12.4. The number of nitrogens with zero attached hydrogens (tertiary/aromatic N) is 2. The molecule has 0 spiro atoms. The lowest BCUT2D eigenvalue weighted by Crippen LogP contribution is -2.24. The highest BCUT2D eigenvalue weighted by Crippen LogP contribution is 2.20. The summed E-state index contributed by atoms with van der Waals surface area (Å²) in [6.07, 6.45) is 0. The summed E-state index contributed by atoms with van der Waals surface area (Å²) in [7, 11) is 0. The van der Waals surface area contributed by atoms with Gasteiger partial charge in [-0.25, -0.2) is 4.68 Å². The van der Waals surface area contributed by atoms with Gasteiger partial charge in [-0.3, -0.25) is 4.79 Å². The van der Waals surface area contributed by atoms with Crippen LogP contribution in [0.3, 0.4) is 0 Å². The van der Waals surface area contributed by atoms with Crippen LogP contribution in [0.4, 0.5) is 0 Å². The third-order valence-corrected chi connectivity index (χ3v) is 3.32. The molecule has 0 saturated heterocycles. The van der Waals surface area contributed by atoms with Crippen LogP contribution in [0.25, 0.3) is 5.69 Å². The molecule has 18 heavy (non-hydrogen) atoms. The van der Waals surface area contributed by atoms with Crippen molar-refractivity contribution in [1.82, 2.24) is 9.78 Å². The SMILES string of the molecule is Cc1cc(=O)c(C(C)N)nn1-c1ccccc1Br. The number of nitrogens with two attached hydrogens (primary N) is 1. The van der Waals surface area contributed by atoms with Crippen molar-refractivity contribution in [3.63, 3.8) is 0 Å². The van der Waals surface area contributed by atoms with Crippen LogP contribution in [0.5, 0.6) is 0 Å². The standard InChI is InChI=1S/C13H14BrN3O/c1-8-7-12(18)13(9(2)15)16-17(8)11-6-4-3-5-10(11)14/h3-7,9H,15H2,1-2H3. The van der Waals surface area contributed by atoms with Crippen molar-refractivity contribution in [2.24, 2.45) is 5.73 Å². The molecular weight excluding hydrogens is 294 g/mol. The molecule has 1 aromatic carbocycles. The molecular formula is C13H14BrN3O.